The summed E-state index contributed by atoms with van der Waals surface area (Å²) in [6.07, 6.45) is 0. The van der Waals surface area contributed by atoms with Crippen molar-refractivity contribution in [3.05, 3.63) is 28.1 Å². The van der Waals surface area contributed by atoms with Gasteiger partial charge in [0.2, 0.25) is 5.95 Å². The van der Waals surface area contributed by atoms with E-state index in [0.29, 0.717) is 11.4 Å². The number of aromatic nitrogens is 2. The molecule has 0 aromatic carbocycles. The average molecular weight is 343 g/mol. The highest BCUT2D eigenvalue weighted by Gasteiger charge is 2.30. The monoisotopic (exact) mass is 343 g/mol. The van der Waals surface area contributed by atoms with E-state index in [9.17, 15) is 18.0 Å². The zero-order valence-electron chi connectivity index (χ0n) is 13.0. The Morgan fingerprint density at radius 3 is 2.17 bits per heavy atom. The molecule has 0 saturated carbocycles. The standard InChI is InChI=1S/C12H17N5O5S/c1-6-5-7(2)15-11(14-6)16-12(19)17-23(20,21)9(8(3)13)10(18)22-4/h5H,13H2,1-4H3,(H2,14,15,16,17,19). The van der Waals surface area contributed by atoms with Gasteiger partial charge in [0.05, 0.1) is 7.11 Å². The number of carbonyl (C=O) groups is 2. The van der Waals surface area contributed by atoms with Crippen LogP contribution in [0.3, 0.4) is 0 Å². The van der Waals surface area contributed by atoms with Gasteiger partial charge in [0.1, 0.15) is 0 Å². The molecule has 1 aromatic rings. The molecule has 0 aliphatic heterocycles. The predicted octanol–water partition coefficient (Wildman–Crippen LogP) is -0.0921. The van der Waals surface area contributed by atoms with E-state index in [1.165, 1.54) is 6.92 Å². The number of amides is 2. The summed E-state index contributed by atoms with van der Waals surface area (Å²) in [5, 5.41) is 2.16. The molecule has 2 amide bonds. The lowest BCUT2D eigenvalue weighted by molar-refractivity contribution is -0.135. The van der Waals surface area contributed by atoms with E-state index in [2.05, 4.69) is 20.0 Å². The highest BCUT2D eigenvalue weighted by Crippen LogP contribution is 2.10. The summed E-state index contributed by atoms with van der Waals surface area (Å²) in [6, 6.07) is 0.535. The predicted molar refractivity (Wildman–Crippen MR) is 81.5 cm³/mol. The Morgan fingerprint density at radius 1 is 1.22 bits per heavy atom. The minimum absolute atomic E-state index is 0.0803. The van der Waals surface area contributed by atoms with Crippen LogP contribution >= 0.6 is 0 Å². The zero-order valence-corrected chi connectivity index (χ0v) is 13.8. The van der Waals surface area contributed by atoms with Gasteiger partial charge < -0.3 is 10.5 Å². The number of ether oxygens (including phenoxy) is 1. The molecule has 0 spiro atoms. The fraction of sp³-hybridized carbons (Fsp3) is 0.333. The summed E-state index contributed by atoms with van der Waals surface area (Å²) in [6.45, 7) is 4.56. The quantitative estimate of drug-likeness (QED) is 0.506. The average Bonchev–Trinajstić information content (AvgIpc) is 2.35. The number of hydrogen-bond acceptors (Lipinski definition) is 8. The van der Waals surface area contributed by atoms with E-state index in [-0.39, 0.29) is 11.6 Å². The molecule has 1 heterocycles. The smallest absolute Gasteiger partial charge is 0.353 e. The highest BCUT2D eigenvalue weighted by atomic mass is 32.2. The van der Waals surface area contributed by atoms with Gasteiger partial charge in [0.15, 0.2) is 4.91 Å². The van der Waals surface area contributed by atoms with E-state index in [1.807, 2.05) is 0 Å². The Labute approximate surface area is 133 Å². The summed E-state index contributed by atoms with van der Waals surface area (Å²) < 4.78 is 30.1. The second-order valence-electron chi connectivity index (χ2n) is 4.54. The van der Waals surface area contributed by atoms with Crippen LogP contribution in [0.4, 0.5) is 10.7 Å². The Hall–Kier alpha value is -2.69. The molecule has 0 aliphatic rings. The van der Waals surface area contributed by atoms with Crippen LogP contribution in [0.5, 0.6) is 0 Å². The molecule has 0 aliphatic carbocycles. The number of aryl methyl sites for hydroxylation is 2. The molecule has 11 heteroatoms. The van der Waals surface area contributed by atoms with Gasteiger partial charge in [-0.2, -0.15) is 0 Å². The molecule has 0 radical (unpaired) electrons. The van der Waals surface area contributed by atoms with Gasteiger partial charge in [0, 0.05) is 17.1 Å². The summed E-state index contributed by atoms with van der Waals surface area (Å²) >= 11 is 0. The van der Waals surface area contributed by atoms with E-state index in [4.69, 9.17) is 5.73 Å². The van der Waals surface area contributed by atoms with Gasteiger partial charge in [0.25, 0.3) is 10.0 Å². The number of nitrogens with two attached hydrogens (primary N) is 1. The van der Waals surface area contributed by atoms with Crippen molar-refractivity contribution in [3.63, 3.8) is 0 Å². The van der Waals surface area contributed by atoms with Gasteiger partial charge in [-0.3, -0.25) is 5.32 Å². The number of allylic oxidation sites excluding steroid dienone is 1. The van der Waals surface area contributed by atoms with Crippen molar-refractivity contribution in [3.8, 4) is 0 Å². The van der Waals surface area contributed by atoms with Crippen molar-refractivity contribution < 1.29 is 22.7 Å². The first-order valence-electron chi connectivity index (χ1n) is 6.27. The van der Waals surface area contributed by atoms with E-state index < -0.39 is 26.9 Å². The molecule has 10 nitrogen and oxygen atoms in total. The number of carbonyl (C=O) groups excluding carboxylic acids is 2. The first-order chi connectivity index (χ1) is 10.6. The molecule has 0 saturated heterocycles. The second-order valence-corrected chi connectivity index (χ2v) is 6.16. The van der Waals surface area contributed by atoms with Crippen molar-refractivity contribution >= 4 is 28.0 Å². The summed E-state index contributed by atoms with van der Waals surface area (Å²) in [5.41, 5.74) is 6.22. The Morgan fingerprint density at radius 2 is 1.74 bits per heavy atom. The molecule has 23 heavy (non-hydrogen) atoms. The van der Waals surface area contributed by atoms with Crippen molar-refractivity contribution in [2.75, 3.05) is 12.4 Å². The van der Waals surface area contributed by atoms with Crippen LogP contribution in [0.15, 0.2) is 16.7 Å². The zero-order chi connectivity index (χ0) is 17.8. The van der Waals surface area contributed by atoms with E-state index in [0.717, 1.165) is 7.11 Å². The minimum Gasteiger partial charge on any atom is -0.465 e. The van der Waals surface area contributed by atoms with Crippen LogP contribution in [0.1, 0.15) is 18.3 Å². The van der Waals surface area contributed by atoms with Crippen LogP contribution in [0, 0.1) is 13.8 Å². The van der Waals surface area contributed by atoms with Crippen molar-refractivity contribution in [2.45, 2.75) is 20.8 Å². The molecular formula is C12H17N5O5S. The van der Waals surface area contributed by atoms with Gasteiger partial charge in [-0.05, 0) is 26.8 Å². The Balaban J connectivity index is 2.99. The third-order valence-electron chi connectivity index (χ3n) is 2.43. The van der Waals surface area contributed by atoms with Crippen LogP contribution in [-0.2, 0) is 19.6 Å². The number of anilines is 1. The molecule has 126 valence electrons. The van der Waals surface area contributed by atoms with Gasteiger partial charge >= 0.3 is 12.0 Å². The summed E-state index contributed by atoms with van der Waals surface area (Å²) in [5.74, 6) is -1.27. The molecule has 0 fully saturated rings. The minimum atomic E-state index is -4.51. The number of hydrogen-bond donors (Lipinski definition) is 3. The molecule has 1 rings (SSSR count). The molecular weight excluding hydrogens is 326 g/mol. The van der Waals surface area contributed by atoms with E-state index >= 15 is 0 Å². The maximum Gasteiger partial charge on any atom is 0.353 e. The number of methoxy groups -OCH3 is 1. The molecule has 1 aromatic heterocycles. The maximum absolute atomic E-state index is 12.1. The highest BCUT2D eigenvalue weighted by molar-refractivity contribution is 7.94. The third kappa shape index (κ3) is 4.92. The number of urea groups is 1. The van der Waals surface area contributed by atoms with Crippen LogP contribution in [-0.4, -0.2) is 37.5 Å². The Bertz CT molecular complexity index is 748. The van der Waals surface area contributed by atoms with Crippen LogP contribution in [0.25, 0.3) is 0 Å². The first-order valence-corrected chi connectivity index (χ1v) is 7.76. The normalized spacial score (nSPS) is 12.2. The van der Waals surface area contributed by atoms with Crippen molar-refractivity contribution in [1.82, 2.24) is 14.7 Å². The molecule has 0 unspecified atom stereocenters. The number of sulfonamides is 1. The van der Waals surface area contributed by atoms with Crippen LogP contribution < -0.4 is 15.8 Å². The Kier molecular flexibility index (Phi) is 5.62. The number of nitrogens with one attached hydrogen (secondary N) is 2. The van der Waals surface area contributed by atoms with Crippen molar-refractivity contribution in [1.29, 1.82) is 0 Å². The lowest BCUT2D eigenvalue weighted by Gasteiger charge is -2.11. The molecule has 4 N–H and O–H groups in total. The number of esters is 1. The lowest BCUT2D eigenvalue weighted by Crippen LogP contribution is -2.38. The lowest BCUT2D eigenvalue weighted by atomic mass is 10.4. The molecule has 0 atom stereocenters. The largest absolute Gasteiger partial charge is 0.465 e. The van der Waals surface area contributed by atoms with Crippen molar-refractivity contribution in [2.24, 2.45) is 5.73 Å². The fourth-order valence-corrected chi connectivity index (χ4v) is 2.78. The number of nitrogens with zero attached hydrogens (tertiary/aromatic N) is 2. The first kappa shape index (κ1) is 18.4. The van der Waals surface area contributed by atoms with E-state index in [1.54, 1.807) is 24.6 Å². The SMILES string of the molecule is COC(=O)C(=C(C)N)S(=O)(=O)NC(=O)Nc1nc(C)cc(C)n1. The topological polar surface area (TPSA) is 153 Å². The summed E-state index contributed by atoms with van der Waals surface area (Å²) in [7, 11) is -3.52. The van der Waals surface area contributed by atoms with Gasteiger partial charge in [-0.15, -0.1) is 0 Å². The number of rotatable bonds is 4. The van der Waals surface area contributed by atoms with Crippen LogP contribution in [0.2, 0.25) is 0 Å². The van der Waals surface area contributed by atoms with Gasteiger partial charge in [-0.25, -0.2) is 32.7 Å². The maximum atomic E-state index is 12.1. The van der Waals surface area contributed by atoms with Gasteiger partial charge in [-0.1, -0.05) is 0 Å². The second kappa shape index (κ2) is 7.05. The fourth-order valence-electron chi connectivity index (χ4n) is 1.66. The molecule has 0 bridgehead atoms. The summed E-state index contributed by atoms with van der Waals surface area (Å²) in [4.78, 5) is 30.3. The third-order valence-corrected chi connectivity index (χ3v) is 3.91.